The largest absolute Gasteiger partial charge is 0.449 e. The Kier molecular flexibility index (Phi) is 4.69. The molecule has 1 fully saturated rings. The summed E-state index contributed by atoms with van der Waals surface area (Å²) in [5.41, 5.74) is 0.176. The second-order valence-corrected chi connectivity index (χ2v) is 5.21. The maximum atomic E-state index is 12.0. The van der Waals surface area contributed by atoms with Gasteiger partial charge in [0.25, 0.3) is 5.91 Å². The lowest BCUT2D eigenvalue weighted by Crippen LogP contribution is -2.41. The van der Waals surface area contributed by atoms with Gasteiger partial charge in [-0.3, -0.25) is 9.69 Å². The molecule has 21 heavy (non-hydrogen) atoms. The van der Waals surface area contributed by atoms with Gasteiger partial charge in [-0.2, -0.15) is 0 Å². The van der Waals surface area contributed by atoms with Crippen LogP contribution in [0.1, 0.15) is 17.3 Å². The van der Waals surface area contributed by atoms with E-state index in [1.54, 1.807) is 0 Å². The first kappa shape index (κ1) is 15.6. The van der Waals surface area contributed by atoms with Crippen LogP contribution in [-0.2, 0) is 9.53 Å². The molecule has 8 heteroatoms. The van der Waals surface area contributed by atoms with Crippen molar-refractivity contribution in [2.75, 3.05) is 13.1 Å². The zero-order valence-corrected chi connectivity index (χ0v) is 12.6. The molecule has 0 aliphatic carbocycles. The van der Waals surface area contributed by atoms with E-state index in [2.05, 4.69) is 5.32 Å². The van der Waals surface area contributed by atoms with E-state index in [1.165, 1.54) is 25.1 Å². The summed E-state index contributed by atoms with van der Waals surface area (Å²) in [5, 5.41) is 3.02. The van der Waals surface area contributed by atoms with Crippen LogP contribution in [-0.4, -0.2) is 42.0 Å². The third-order valence-electron chi connectivity index (χ3n) is 2.91. The molecule has 1 aromatic rings. The standard InChI is InChI=1S/C13H12Cl2N2O4/c1-7(11(18)17-5-4-16-13(17)20)21-12(19)8-2-3-9(14)10(15)6-8/h2-3,6-7H,4-5H2,1H3,(H,16,20)/t7-/m1/s1. The number of hydrogen-bond donors (Lipinski definition) is 1. The molecule has 1 aromatic carbocycles. The minimum atomic E-state index is -1.07. The number of carbonyl (C=O) groups is 3. The maximum Gasteiger partial charge on any atom is 0.338 e. The van der Waals surface area contributed by atoms with E-state index in [9.17, 15) is 14.4 Å². The molecule has 1 aliphatic heterocycles. The highest BCUT2D eigenvalue weighted by Crippen LogP contribution is 2.23. The molecule has 0 radical (unpaired) electrons. The van der Waals surface area contributed by atoms with Gasteiger partial charge in [0.2, 0.25) is 0 Å². The summed E-state index contributed by atoms with van der Waals surface area (Å²) in [7, 11) is 0. The molecular formula is C13H12Cl2N2O4. The number of rotatable bonds is 3. The van der Waals surface area contributed by atoms with E-state index in [4.69, 9.17) is 27.9 Å². The van der Waals surface area contributed by atoms with Crippen LogP contribution in [0, 0.1) is 0 Å². The molecule has 0 saturated carbocycles. The average molecular weight is 331 g/mol. The molecule has 6 nitrogen and oxygen atoms in total. The van der Waals surface area contributed by atoms with Gasteiger partial charge >= 0.3 is 12.0 Å². The van der Waals surface area contributed by atoms with E-state index in [0.29, 0.717) is 11.6 Å². The van der Waals surface area contributed by atoms with Crippen LogP contribution in [0.4, 0.5) is 4.79 Å². The summed E-state index contributed by atoms with van der Waals surface area (Å²) in [6, 6.07) is 3.76. The van der Waals surface area contributed by atoms with Crippen LogP contribution in [0.5, 0.6) is 0 Å². The number of ether oxygens (including phenoxy) is 1. The highest BCUT2D eigenvalue weighted by Gasteiger charge is 2.31. The molecule has 1 aliphatic rings. The van der Waals surface area contributed by atoms with Gasteiger partial charge < -0.3 is 10.1 Å². The quantitative estimate of drug-likeness (QED) is 0.861. The van der Waals surface area contributed by atoms with Gasteiger partial charge in [-0.25, -0.2) is 9.59 Å². The van der Waals surface area contributed by atoms with E-state index >= 15 is 0 Å². The molecule has 0 unspecified atom stereocenters. The number of esters is 1. The fourth-order valence-corrected chi connectivity index (χ4v) is 2.10. The average Bonchev–Trinajstić information content (AvgIpc) is 2.87. The minimum absolute atomic E-state index is 0.176. The molecule has 0 spiro atoms. The van der Waals surface area contributed by atoms with Crippen LogP contribution in [0.2, 0.25) is 10.0 Å². The number of hydrogen-bond acceptors (Lipinski definition) is 4. The van der Waals surface area contributed by atoms with Crippen molar-refractivity contribution in [3.8, 4) is 0 Å². The second kappa shape index (κ2) is 6.32. The fraction of sp³-hybridized carbons (Fsp3) is 0.308. The molecule has 112 valence electrons. The number of nitrogens with one attached hydrogen (secondary N) is 1. The minimum Gasteiger partial charge on any atom is -0.449 e. The van der Waals surface area contributed by atoms with Crippen LogP contribution in [0.3, 0.4) is 0 Å². The van der Waals surface area contributed by atoms with Gasteiger partial charge in [-0.1, -0.05) is 23.2 Å². The van der Waals surface area contributed by atoms with Crippen molar-refractivity contribution in [3.63, 3.8) is 0 Å². The number of halogens is 2. The highest BCUT2D eigenvalue weighted by molar-refractivity contribution is 6.42. The van der Waals surface area contributed by atoms with Gasteiger partial charge in [-0.05, 0) is 25.1 Å². The Hall–Kier alpha value is -1.79. The van der Waals surface area contributed by atoms with Crippen molar-refractivity contribution in [1.82, 2.24) is 10.2 Å². The predicted molar refractivity (Wildman–Crippen MR) is 76.5 cm³/mol. The summed E-state index contributed by atoms with van der Waals surface area (Å²) < 4.78 is 5.04. The first-order chi connectivity index (χ1) is 9.90. The summed E-state index contributed by atoms with van der Waals surface area (Å²) >= 11 is 11.6. The van der Waals surface area contributed by atoms with E-state index < -0.39 is 24.0 Å². The van der Waals surface area contributed by atoms with Gasteiger partial charge in [0.05, 0.1) is 15.6 Å². The summed E-state index contributed by atoms with van der Waals surface area (Å²) in [5.74, 6) is -1.28. The Labute approximate surface area is 130 Å². The van der Waals surface area contributed by atoms with Gasteiger partial charge in [0.1, 0.15) is 0 Å². The smallest absolute Gasteiger partial charge is 0.338 e. The summed E-state index contributed by atoms with van der Waals surface area (Å²) in [4.78, 5) is 36.3. The van der Waals surface area contributed by atoms with Gasteiger partial charge in [0.15, 0.2) is 6.10 Å². The molecule has 1 atom stereocenters. The lowest BCUT2D eigenvalue weighted by molar-refractivity contribution is -0.136. The molecular weight excluding hydrogens is 319 g/mol. The number of imide groups is 1. The maximum absolute atomic E-state index is 12.0. The summed E-state index contributed by atoms with van der Waals surface area (Å²) in [6.07, 6.45) is -1.07. The Morgan fingerprint density at radius 1 is 1.33 bits per heavy atom. The lowest BCUT2D eigenvalue weighted by atomic mass is 10.2. The van der Waals surface area contributed by atoms with Gasteiger partial charge in [-0.15, -0.1) is 0 Å². The number of urea groups is 1. The van der Waals surface area contributed by atoms with Crippen LogP contribution < -0.4 is 5.32 Å². The molecule has 1 N–H and O–H groups in total. The number of nitrogens with zero attached hydrogens (tertiary/aromatic N) is 1. The van der Waals surface area contributed by atoms with E-state index in [0.717, 1.165) is 4.90 Å². The monoisotopic (exact) mass is 330 g/mol. The number of benzene rings is 1. The first-order valence-electron chi connectivity index (χ1n) is 6.15. The van der Waals surface area contributed by atoms with Crippen LogP contribution in [0.15, 0.2) is 18.2 Å². The Bertz CT molecular complexity index is 606. The molecule has 1 saturated heterocycles. The Morgan fingerprint density at radius 3 is 2.62 bits per heavy atom. The van der Waals surface area contributed by atoms with Crippen molar-refractivity contribution in [1.29, 1.82) is 0 Å². The van der Waals surface area contributed by atoms with Crippen LogP contribution in [0.25, 0.3) is 0 Å². The third kappa shape index (κ3) is 3.46. The third-order valence-corrected chi connectivity index (χ3v) is 3.65. The van der Waals surface area contributed by atoms with E-state index in [-0.39, 0.29) is 17.1 Å². The lowest BCUT2D eigenvalue weighted by Gasteiger charge is -2.18. The van der Waals surface area contributed by atoms with Crippen molar-refractivity contribution >= 4 is 41.1 Å². The number of amides is 3. The number of carbonyl (C=O) groups excluding carboxylic acids is 3. The van der Waals surface area contributed by atoms with Crippen molar-refractivity contribution in [3.05, 3.63) is 33.8 Å². The topological polar surface area (TPSA) is 75.7 Å². The first-order valence-corrected chi connectivity index (χ1v) is 6.91. The SMILES string of the molecule is C[C@@H](OC(=O)c1ccc(Cl)c(Cl)c1)C(=O)N1CCNC1=O. The Morgan fingerprint density at radius 2 is 2.05 bits per heavy atom. The van der Waals surface area contributed by atoms with Gasteiger partial charge in [0, 0.05) is 13.1 Å². The summed E-state index contributed by atoms with van der Waals surface area (Å²) in [6.45, 7) is 2.05. The van der Waals surface area contributed by atoms with E-state index in [1.807, 2.05) is 0 Å². The molecule has 1 heterocycles. The predicted octanol–water partition coefficient (Wildman–Crippen LogP) is 2.09. The van der Waals surface area contributed by atoms with Crippen molar-refractivity contribution in [2.45, 2.75) is 13.0 Å². The fourth-order valence-electron chi connectivity index (χ4n) is 1.80. The van der Waals surface area contributed by atoms with Crippen LogP contribution >= 0.6 is 23.2 Å². The van der Waals surface area contributed by atoms with Crippen molar-refractivity contribution in [2.24, 2.45) is 0 Å². The molecule has 0 aromatic heterocycles. The molecule has 3 amide bonds. The zero-order chi connectivity index (χ0) is 15.6. The molecule has 0 bridgehead atoms. The second-order valence-electron chi connectivity index (χ2n) is 4.40. The Balaban J connectivity index is 2.03. The normalized spacial score (nSPS) is 15.6. The zero-order valence-electron chi connectivity index (χ0n) is 11.1. The highest BCUT2D eigenvalue weighted by atomic mass is 35.5. The van der Waals surface area contributed by atoms with Crippen molar-refractivity contribution < 1.29 is 19.1 Å². The molecule has 2 rings (SSSR count).